The van der Waals surface area contributed by atoms with Crippen molar-refractivity contribution in [2.45, 2.75) is 45.3 Å². The summed E-state index contributed by atoms with van der Waals surface area (Å²) in [5, 5.41) is 10.8. The van der Waals surface area contributed by atoms with Crippen LogP contribution >= 0.6 is 0 Å². The maximum atomic E-state index is 11.3. The third-order valence-corrected chi connectivity index (χ3v) is 2.02. The number of aliphatic carboxylic acids is 1. The number of carboxylic acids is 1. The minimum Gasteiger partial charge on any atom is -0.480 e. The molecular weight excluding hydrogens is 210 g/mol. The number of carboxylic acid groups (broad SMARTS) is 1. The number of hydrogen-bond acceptors (Lipinski definition) is 3. The molecule has 0 rings (SSSR count). The number of rotatable bonds is 6. The number of hydrogen-bond donors (Lipinski definition) is 2. The predicted molar refractivity (Wildman–Crippen MR) is 60.2 cm³/mol. The zero-order chi connectivity index (χ0) is 12.8. The van der Waals surface area contributed by atoms with Crippen molar-refractivity contribution in [1.82, 2.24) is 5.32 Å². The van der Waals surface area contributed by atoms with Gasteiger partial charge in [-0.1, -0.05) is 6.08 Å². The van der Waals surface area contributed by atoms with E-state index in [9.17, 15) is 9.59 Å². The molecule has 16 heavy (non-hydrogen) atoms. The molecule has 0 bridgehead atoms. The van der Waals surface area contributed by atoms with Crippen molar-refractivity contribution < 1.29 is 19.4 Å². The lowest BCUT2D eigenvalue weighted by Crippen LogP contribution is -2.42. The lowest BCUT2D eigenvalue weighted by Gasteiger charge is -2.25. The summed E-state index contributed by atoms with van der Waals surface area (Å²) in [5.41, 5.74) is -0.628. The molecule has 92 valence electrons. The molecule has 0 aromatic heterocycles. The average molecular weight is 229 g/mol. The van der Waals surface area contributed by atoms with E-state index in [0.29, 0.717) is 6.42 Å². The Bertz CT molecular complexity index is 273. The van der Waals surface area contributed by atoms with E-state index in [0.717, 1.165) is 6.42 Å². The van der Waals surface area contributed by atoms with E-state index in [1.165, 1.54) is 6.92 Å². The predicted octanol–water partition coefficient (Wildman–Crippen LogP) is 1.93. The Kier molecular flexibility index (Phi) is 5.56. The summed E-state index contributed by atoms with van der Waals surface area (Å²) < 4.78 is 5.10. The van der Waals surface area contributed by atoms with Crippen LogP contribution in [0.4, 0.5) is 4.79 Å². The summed E-state index contributed by atoms with van der Waals surface area (Å²) in [5.74, 6) is -1.10. The molecule has 2 N–H and O–H groups in total. The molecule has 0 saturated carbocycles. The van der Waals surface area contributed by atoms with Gasteiger partial charge in [-0.05, 0) is 33.6 Å². The van der Waals surface area contributed by atoms with Gasteiger partial charge in [-0.3, -0.25) is 4.79 Å². The quantitative estimate of drug-likeness (QED) is 0.682. The largest absolute Gasteiger partial charge is 0.480 e. The lowest BCUT2D eigenvalue weighted by atomic mass is 10.0. The summed E-state index contributed by atoms with van der Waals surface area (Å²) >= 11 is 0. The van der Waals surface area contributed by atoms with Crippen LogP contribution in [0.2, 0.25) is 0 Å². The van der Waals surface area contributed by atoms with Crippen LogP contribution in [-0.2, 0) is 9.53 Å². The van der Waals surface area contributed by atoms with E-state index < -0.39 is 23.7 Å². The minimum atomic E-state index is -1.10. The van der Waals surface area contributed by atoms with Gasteiger partial charge in [-0.2, -0.15) is 0 Å². The van der Waals surface area contributed by atoms with Crippen LogP contribution in [0.3, 0.4) is 0 Å². The Labute approximate surface area is 95.5 Å². The van der Waals surface area contributed by atoms with Crippen molar-refractivity contribution in [3.8, 4) is 0 Å². The van der Waals surface area contributed by atoms with Crippen molar-refractivity contribution >= 4 is 12.1 Å². The molecule has 1 atom stereocenters. The number of nitrogens with one attached hydrogen (secondary N) is 1. The van der Waals surface area contributed by atoms with Gasteiger partial charge in [0.1, 0.15) is 11.6 Å². The number of carbonyl (C=O) groups is 2. The molecule has 0 aliphatic rings. The lowest BCUT2D eigenvalue weighted by molar-refractivity contribution is -0.139. The maximum Gasteiger partial charge on any atom is 0.408 e. The Balaban J connectivity index is 4.12. The van der Waals surface area contributed by atoms with E-state index >= 15 is 0 Å². The highest BCUT2D eigenvalue weighted by molar-refractivity contribution is 5.79. The van der Waals surface area contributed by atoms with Gasteiger partial charge in [0.2, 0.25) is 0 Å². The van der Waals surface area contributed by atoms with E-state index in [1.807, 2.05) is 0 Å². The molecule has 0 aliphatic carbocycles. The molecule has 0 aliphatic heterocycles. The number of allylic oxidation sites excluding steroid dienone is 1. The van der Waals surface area contributed by atoms with Gasteiger partial charge in [0.25, 0.3) is 0 Å². The number of alkyl carbamates (subject to hydrolysis) is 1. The number of ether oxygens (including phenoxy) is 1. The first kappa shape index (κ1) is 14.5. The van der Waals surface area contributed by atoms with Gasteiger partial charge in [-0.25, -0.2) is 4.79 Å². The number of carbonyl (C=O) groups excluding carboxylic acids is 1. The first-order valence-electron chi connectivity index (χ1n) is 5.11. The molecule has 0 heterocycles. The van der Waals surface area contributed by atoms with E-state index in [4.69, 9.17) is 9.84 Å². The number of amides is 1. The van der Waals surface area contributed by atoms with Crippen LogP contribution in [0, 0.1) is 0 Å². The monoisotopic (exact) mass is 229 g/mol. The highest BCUT2D eigenvalue weighted by Gasteiger charge is 2.24. The fourth-order valence-corrected chi connectivity index (χ4v) is 1.02. The second-order valence-corrected chi connectivity index (χ2v) is 4.18. The second-order valence-electron chi connectivity index (χ2n) is 4.18. The average Bonchev–Trinajstić information content (AvgIpc) is 2.13. The molecule has 0 aromatic carbocycles. The van der Waals surface area contributed by atoms with Gasteiger partial charge in [0, 0.05) is 0 Å². The van der Waals surface area contributed by atoms with Gasteiger partial charge in [0.15, 0.2) is 0 Å². The van der Waals surface area contributed by atoms with E-state index in [2.05, 4.69) is 11.9 Å². The van der Waals surface area contributed by atoms with Crippen LogP contribution in [-0.4, -0.2) is 28.8 Å². The standard InChI is InChI=1S/C11H19NO4/c1-5-6-7-11(3,4)16-10(15)12-8(2)9(13)14/h5,8H,1,6-7H2,2-4H3,(H,12,15)(H,13,14)/t8-/m1/s1. The second kappa shape index (κ2) is 6.15. The molecule has 5 heteroatoms. The van der Waals surface area contributed by atoms with Crippen LogP contribution in [0.1, 0.15) is 33.6 Å². The molecule has 0 spiro atoms. The molecular formula is C11H19NO4. The Morgan fingerprint density at radius 3 is 2.56 bits per heavy atom. The topological polar surface area (TPSA) is 75.6 Å². The summed E-state index contributed by atoms with van der Waals surface area (Å²) in [6, 6.07) is -0.956. The molecule has 0 unspecified atom stereocenters. The SMILES string of the molecule is C=CCCC(C)(C)OC(=O)N[C@H](C)C(=O)O. The molecule has 1 amide bonds. The van der Waals surface area contributed by atoms with E-state index in [1.54, 1.807) is 19.9 Å². The first-order chi connectivity index (χ1) is 7.28. The highest BCUT2D eigenvalue weighted by atomic mass is 16.6. The smallest absolute Gasteiger partial charge is 0.408 e. The third-order valence-electron chi connectivity index (χ3n) is 2.02. The van der Waals surface area contributed by atoms with Gasteiger partial charge in [-0.15, -0.1) is 6.58 Å². The van der Waals surface area contributed by atoms with E-state index in [-0.39, 0.29) is 0 Å². The Morgan fingerprint density at radius 2 is 2.12 bits per heavy atom. The summed E-state index contributed by atoms with van der Waals surface area (Å²) in [6.45, 7) is 8.49. The minimum absolute atomic E-state index is 0.628. The van der Waals surface area contributed by atoms with Crippen molar-refractivity contribution in [2.24, 2.45) is 0 Å². The van der Waals surface area contributed by atoms with Crippen LogP contribution in [0.25, 0.3) is 0 Å². The van der Waals surface area contributed by atoms with Crippen molar-refractivity contribution in [3.05, 3.63) is 12.7 Å². The zero-order valence-corrected chi connectivity index (χ0v) is 9.95. The molecule has 0 radical (unpaired) electrons. The van der Waals surface area contributed by atoms with Crippen LogP contribution in [0.5, 0.6) is 0 Å². The summed E-state index contributed by atoms with van der Waals surface area (Å²) in [6.07, 6.45) is 2.40. The Morgan fingerprint density at radius 1 is 1.56 bits per heavy atom. The third kappa shape index (κ3) is 6.06. The highest BCUT2D eigenvalue weighted by Crippen LogP contribution is 2.16. The van der Waals surface area contributed by atoms with Crippen LogP contribution < -0.4 is 5.32 Å². The normalized spacial score (nSPS) is 12.7. The molecule has 5 nitrogen and oxygen atoms in total. The van der Waals surface area contributed by atoms with Crippen molar-refractivity contribution in [2.75, 3.05) is 0 Å². The fourth-order valence-electron chi connectivity index (χ4n) is 1.02. The van der Waals surface area contributed by atoms with Gasteiger partial charge in [0.05, 0.1) is 0 Å². The molecule has 0 saturated heterocycles. The molecule has 0 aromatic rings. The van der Waals surface area contributed by atoms with Crippen molar-refractivity contribution in [1.29, 1.82) is 0 Å². The maximum absolute atomic E-state index is 11.3. The zero-order valence-electron chi connectivity index (χ0n) is 9.95. The van der Waals surface area contributed by atoms with Gasteiger partial charge >= 0.3 is 12.1 Å². The van der Waals surface area contributed by atoms with Crippen molar-refractivity contribution in [3.63, 3.8) is 0 Å². The van der Waals surface area contributed by atoms with Gasteiger partial charge < -0.3 is 15.2 Å². The fraction of sp³-hybridized carbons (Fsp3) is 0.636. The summed E-state index contributed by atoms with van der Waals surface area (Å²) in [7, 11) is 0. The van der Waals surface area contributed by atoms with Crippen LogP contribution in [0.15, 0.2) is 12.7 Å². The Hall–Kier alpha value is -1.52. The molecule has 0 fully saturated rings. The summed E-state index contributed by atoms with van der Waals surface area (Å²) in [4.78, 5) is 21.8. The first-order valence-corrected chi connectivity index (χ1v) is 5.11.